The van der Waals surface area contributed by atoms with Crippen molar-refractivity contribution in [2.75, 3.05) is 19.8 Å². The van der Waals surface area contributed by atoms with E-state index >= 15 is 0 Å². The lowest BCUT2D eigenvalue weighted by Gasteiger charge is -2.30. The Morgan fingerprint density at radius 3 is 2.32 bits per heavy atom. The van der Waals surface area contributed by atoms with Gasteiger partial charge in [0, 0.05) is 12.0 Å². The summed E-state index contributed by atoms with van der Waals surface area (Å²) in [6, 6.07) is 6.35. The Morgan fingerprint density at radius 1 is 1.18 bits per heavy atom. The van der Waals surface area contributed by atoms with Crippen LogP contribution in [0.2, 0.25) is 0 Å². The van der Waals surface area contributed by atoms with Crippen LogP contribution < -0.4 is 4.74 Å². The van der Waals surface area contributed by atoms with E-state index in [1.807, 2.05) is 0 Å². The van der Waals surface area contributed by atoms with Gasteiger partial charge >= 0.3 is 0 Å². The monoisotopic (exact) mass is 306 g/mol. The third-order valence-electron chi connectivity index (χ3n) is 4.02. The van der Waals surface area contributed by atoms with Crippen LogP contribution >= 0.6 is 0 Å². The van der Waals surface area contributed by atoms with Crippen LogP contribution in [0.15, 0.2) is 18.2 Å². The minimum Gasteiger partial charge on any atom is -0.493 e. The van der Waals surface area contributed by atoms with Gasteiger partial charge in [0.15, 0.2) is 5.79 Å². The summed E-state index contributed by atoms with van der Waals surface area (Å²) in [4.78, 5) is 0. The highest BCUT2D eigenvalue weighted by molar-refractivity contribution is 5.43. The smallest absolute Gasteiger partial charge is 0.194 e. The Morgan fingerprint density at radius 2 is 1.82 bits per heavy atom. The molecule has 124 valence electrons. The molecule has 22 heavy (non-hydrogen) atoms. The Hall–Kier alpha value is -1.06. The summed E-state index contributed by atoms with van der Waals surface area (Å²) in [5.74, 6) is 0.890. The fraction of sp³-hybridized carbons (Fsp3) is 0.684. The molecule has 0 aliphatic carbocycles. The van der Waals surface area contributed by atoms with Crippen LogP contribution in [-0.4, -0.2) is 19.8 Å². The van der Waals surface area contributed by atoms with Crippen molar-refractivity contribution in [2.24, 2.45) is 5.92 Å². The van der Waals surface area contributed by atoms with Crippen molar-refractivity contribution in [3.63, 3.8) is 0 Å². The van der Waals surface area contributed by atoms with E-state index in [0.717, 1.165) is 24.3 Å². The zero-order valence-electron chi connectivity index (χ0n) is 14.9. The first-order valence-corrected chi connectivity index (χ1v) is 8.34. The van der Waals surface area contributed by atoms with Gasteiger partial charge < -0.3 is 14.2 Å². The molecule has 0 bridgehead atoms. The maximum absolute atomic E-state index is 6.03. The average Bonchev–Trinajstić information content (AvgIpc) is 2.94. The van der Waals surface area contributed by atoms with E-state index in [2.05, 4.69) is 59.7 Å². The molecule has 3 nitrogen and oxygen atoms in total. The minimum absolute atomic E-state index is 0.00978. The molecule has 0 saturated carbocycles. The Kier molecular flexibility index (Phi) is 5.18. The second kappa shape index (κ2) is 6.59. The van der Waals surface area contributed by atoms with Crippen LogP contribution in [0.1, 0.15) is 59.1 Å². The topological polar surface area (TPSA) is 27.7 Å². The zero-order chi connectivity index (χ0) is 16.4. The lowest BCUT2D eigenvalue weighted by molar-refractivity contribution is -0.167. The summed E-state index contributed by atoms with van der Waals surface area (Å²) in [5, 5.41) is 0. The van der Waals surface area contributed by atoms with Gasteiger partial charge in [0.1, 0.15) is 5.75 Å². The predicted octanol–water partition coefficient (Wildman–Crippen LogP) is 4.63. The minimum atomic E-state index is -0.587. The maximum Gasteiger partial charge on any atom is 0.194 e. The quantitative estimate of drug-likeness (QED) is 0.794. The van der Waals surface area contributed by atoms with Crippen LogP contribution in [0, 0.1) is 5.92 Å². The molecule has 0 N–H and O–H groups in total. The predicted molar refractivity (Wildman–Crippen MR) is 89.3 cm³/mol. The summed E-state index contributed by atoms with van der Waals surface area (Å²) < 4.78 is 17.9. The van der Waals surface area contributed by atoms with Crippen molar-refractivity contribution in [3.8, 4) is 5.75 Å². The van der Waals surface area contributed by atoms with Gasteiger partial charge in [0.05, 0.1) is 19.8 Å². The van der Waals surface area contributed by atoms with E-state index < -0.39 is 5.79 Å². The molecule has 0 spiro atoms. The standard InChI is InChI=1S/C19H30O3/c1-7-19(21-10-11-22-19)15-8-9-17(20-13-14(2)3)16(12-15)18(4,5)6/h8-9,12,14H,7,10-11,13H2,1-6H3. The van der Waals surface area contributed by atoms with E-state index in [0.29, 0.717) is 19.1 Å². The van der Waals surface area contributed by atoms with E-state index in [4.69, 9.17) is 14.2 Å². The molecule has 1 saturated heterocycles. The SMILES string of the molecule is CCC1(c2ccc(OCC(C)C)c(C(C)(C)C)c2)OCCO1. The number of ether oxygens (including phenoxy) is 3. The van der Waals surface area contributed by atoms with Gasteiger partial charge in [-0.15, -0.1) is 0 Å². The second-order valence-corrected chi connectivity index (χ2v) is 7.47. The molecule has 0 atom stereocenters. The Balaban J connectivity index is 2.39. The molecule has 0 amide bonds. The largest absolute Gasteiger partial charge is 0.493 e. The summed E-state index contributed by atoms with van der Waals surface area (Å²) >= 11 is 0. The van der Waals surface area contributed by atoms with E-state index in [1.165, 1.54) is 5.56 Å². The third kappa shape index (κ3) is 3.64. The molecule has 3 heteroatoms. The molecular formula is C19H30O3. The molecule has 1 aliphatic heterocycles. The molecule has 1 heterocycles. The highest BCUT2D eigenvalue weighted by Crippen LogP contribution is 2.40. The lowest BCUT2D eigenvalue weighted by Crippen LogP contribution is -2.27. The Labute approximate surface area is 135 Å². The number of rotatable bonds is 5. The van der Waals surface area contributed by atoms with Crippen molar-refractivity contribution in [2.45, 2.75) is 59.2 Å². The van der Waals surface area contributed by atoms with Crippen LogP contribution in [0.5, 0.6) is 5.75 Å². The van der Waals surface area contributed by atoms with Gasteiger partial charge in [-0.3, -0.25) is 0 Å². The first kappa shape index (κ1) is 17.3. The molecule has 2 rings (SSSR count). The van der Waals surface area contributed by atoms with Crippen LogP contribution in [0.3, 0.4) is 0 Å². The second-order valence-electron chi connectivity index (χ2n) is 7.47. The first-order chi connectivity index (χ1) is 10.3. The van der Waals surface area contributed by atoms with Gasteiger partial charge in [0.2, 0.25) is 0 Å². The van der Waals surface area contributed by atoms with Crippen LogP contribution in [0.25, 0.3) is 0 Å². The van der Waals surface area contributed by atoms with E-state index in [9.17, 15) is 0 Å². The summed E-state index contributed by atoms with van der Waals surface area (Å²) in [5.41, 5.74) is 2.31. The van der Waals surface area contributed by atoms with Gasteiger partial charge in [-0.1, -0.05) is 41.5 Å². The fourth-order valence-electron chi connectivity index (χ4n) is 2.76. The molecule has 1 aliphatic rings. The van der Waals surface area contributed by atoms with Gasteiger partial charge in [0.25, 0.3) is 0 Å². The van der Waals surface area contributed by atoms with E-state index in [1.54, 1.807) is 0 Å². The van der Waals surface area contributed by atoms with Gasteiger partial charge in [-0.05, 0) is 35.1 Å². The molecule has 1 fully saturated rings. The average molecular weight is 306 g/mol. The molecule has 1 aromatic carbocycles. The van der Waals surface area contributed by atoms with Crippen LogP contribution in [-0.2, 0) is 20.7 Å². The van der Waals surface area contributed by atoms with Gasteiger partial charge in [-0.2, -0.15) is 0 Å². The zero-order valence-corrected chi connectivity index (χ0v) is 14.9. The number of hydrogen-bond acceptors (Lipinski definition) is 3. The summed E-state index contributed by atoms with van der Waals surface area (Å²) in [6.07, 6.45) is 0.808. The highest BCUT2D eigenvalue weighted by Gasteiger charge is 2.37. The van der Waals surface area contributed by atoms with Crippen molar-refractivity contribution >= 4 is 0 Å². The van der Waals surface area contributed by atoms with Crippen LogP contribution in [0.4, 0.5) is 0 Å². The molecule has 0 radical (unpaired) electrons. The normalized spacial score (nSPS) is 18.0. The molecule has 0 aromatic heterocycles. The summed E-state index contributed by atoms with van der Waals surface area (Å²) in [6.45, 7) is 15.1. The fourth-order valence-corrected chi connectivity index (χ4v) is 2.76. The first-order valence-electron chi connectivity index (χ1n) is 8.34. The lowest BCUT2D eigenvalue weighted by atomic mass is 9.84. The maximum atomic E-state index is 6.03. The summed E-state index contributed by atoms with van der Waals surface area (Å²) in [7, 11) is 0. The van der Waals surface area contributed by atoms with Gasteiger partial charge in [-0.25, -0.2) is 0 Å². The van der Waals surface area contributed by atoms with Crippen molar-refractivity contribution in [3.05, 3.63) is 29.3 Å². The molecular weight excluding hydrogens is 276 g/mol. The van der Waals surface area contributed by atoms with Crippen molar-refractivity contribution in [1.82, 2.24) is 0 Å². The third-order valence-corrected chi connectivity index (χ3v) is 4.02. The number of benzene rings is 1. The molecule has 0 unspecified atom stereocenters. The van der Waals surface area contributed by atoms with E-state index in [-0.39, 0.29) is 5.41 Å². The number of hydrogen-bond donors (Lipinski definition) is 0. The Bertz CT molecular complexity index is 494. The van der Waals surface area contributed by atoms with Crippen molar-refractivity contribution in [1.29, 1.82) is 0 Å². The molecule has 1 aromatic rings. The highest BCUT2D eigenvalue weighted by atomic mass is 16.7. The van der Waals surface area contributed by atoms with Crippen molar-refractivity contribution < 1.29 is 14.2 Å².